The lowest BCUT2D eigenvalue weighted by molar-refractivity contribution is 0.691. The van der Waals surface area contributed by atoms with E-state index < -0.39 is 0 Å². The van der Waals surface area contributed by atoms with Crippen molar-refractivity contribution in [3.8, 4) is 11.1 Å². The van der Waals surface area contributed by atoms with E-state index in [-0.39, 0.29) is 0 Å². The van der Waals surface area contributed by atoms with Crippen LogP contribution in [0.3, 0.4) is 0 Å². The number of rotatable bonds is 0. The molecule has 3 aliphatic rings. The Morgan fingerprint density at radius 3 is 2.80 bits per heavy atom. The number of hydrogen-bond acceptors (Lipinski definition) is 0. The lowest BCUT2D eigenvalue weighted by atomic mass is 9.94. The van der Waals surface area contributed by atoms with Gasteiger partial charge < -0.3 is 0 Å². The van der Waals surface area contributed by atoms with Gasteiger partial charge in [0.1, 0.15) is 0 Å². The first kappa shape index (κ1) is 8.96. The van der Waals surface area contributed by atoms with Crippen molar-refractivity contribution in [2.75, 3.05) is 0 Å². The van der Waals surface area contributed by atoms with Crippen molar-refractivity contribution in [2.45, 2.75) is 32.6 Å². The van der Waals surface area contributed by atoms with Gasteiger partial charge in [0.15, 0.2) is 0 Å². The van der Waals surface area contributed by atoms with E-state index in [1.165, 1.54) is 42.4 Å². The van der Waals surface area contributed by atoms with Crippen LogP contribution >= 0.6 is 0 Å². The zero-order valence-electron chi connectivity index (χ0n) is 9.22. The van der Waals surface area contributed by atoms with E-state index in [0.717, 1.165) is 0 Å². The Labute approximate surface area is 91.3 Å². The minimum atomic E-state index is 1.28. The van der Waals surface area contributed by atoms with Crippen LogP contribution in [-0.2, 0) is 12.8 Å². The summed E-state index contributed by atoms with van der Waals surface area (Å²) in [5.41, 5.74) is 7.49. The van der Waals surface area contributed by atoms with Crippen LogP contribution in [-0.4, -0.2) is 0 Å². The second kappa shape index (κ2) is 3.37. The van der Waals surface area contributed by atoms with Gasteiger partial charge in [-0.1, -0.05) is 35.9 Å². The molecule has 0 aromatic heterocycles. The smallest absolute Gasteiger partial charge is 0.0149 e. The molecule has 3 aliphatic carbocycles. The molecular weight excluding hydrogens is 180 g/mol. The Bertz CT molecular complexity index is 468. The fourth-order valence-electron chi connectivity index (χ4n) is 2.74. The van der Waals surface area contributed by atoms with Crippen LogP contribution in [0.1, 0.15) is 29.5 Å². The summed E-state index contributed by atoms with van der Waals surface area (Å²) < 4.78 is 0. The van der Waals surface area contributed by atoms with Gasteiger partial charge in [0.25, 0.3) is 0 Å². The molecule has 3 rings (SSSR count). The zero-order chi connectivity index (χ0) is 10.3. The van der Waals surface area contributed by atoms with Crippen LogP contribution in [0.25, 0.3) is 11.1 Å². The summed E-state index contributed by atoms with van der Waals surface area (Å²) in [7, 11) is 0. The van der Waals surface area contributed by atoms with Crippen molar-refractivity contribution in [3.05, 3.63) is 47.0 Å². The Morgan fingerprint density at radius 2 is 1.87 bits per heavy atom. The molecule has 0 heteroatoms. The van der Waals surface area contributed by atoms with Crippen LogP contribution in [0.2, 0.25) is 0 Å². The molecule has 0 nitrogen and oxygen atoms in total. The third kappa shape index (κ3) is 1.45. The Hall–Kier alpha value is -1.30. The first-order chi connectivity index (χ1) is 7.34. The molecule has 0 amide bonds. The van der Waals surface area contributed by atoms with E-state index in [0.29, 0.717) is 0 Å². The maximum absolute atomic E-state index is 2.40. The van der Waals surface area contributed by atoms with Crippen LogP contribution in [0.4, 0.5) is 0 Å². The van der Waals surface area contributed by atoms with E-state index in [2.05, 4.69) is 37.3 Å². The number of aryl methyl sites for hydroxylation is 2. The average molecular weight is 196 g/mol. The van der Waals surface area contributed by atoms with Gasteiger partial charge >= 0.3 is 0 Å². The lowest BCUT2D eigenvalue weighted by Gasteiger charge is -2.11. The molecule has 0 heterocycles. The summed E-state index contributed by atoms with van der Waals surface area (Å²) in [6, 6.07) is 11.4. The highest BCUT2D eigenvalue weighted by Crippen LogP contribution is 2.36. The SMILES string of the molecule is Cc1cccc2c3c(cc-2c1)CCCC3. The molecule has 0 atom stereocenters. The van der Waals surface area contributed by atoms with Gasteiger partial charge in [-0.15, -0.1) is 0 Å². The molecule has 0 fully saturated rings. The minimum absolute atomic E-state index is 1.28. The summed E-state index contributed by atoms with van der Waals surface area (Å²) in [5.74, 6) is 0. The van der Waals surface area contributed by atoms with Crippen molar-refractivity contribution in [2.24, 2.45) is 0 Å². The average Bonchev–Trinajstić information content (AvgIpc) is 2.46. The van der Waals surface area contributed by atoms with E-state index >= 15 is 0 Å². The molecule has 0 radical (unpaired) electrons. The zero-order valence-corrected chi connectivity index (χ0v) is 9.22. The highest BCUT2D eigenvalue weighted by molar-refractivity contribution is 5.74. The first-order valence-electron chi connectivity index (χ1n) is 5.86. The third-order valence-electron chi connectivity index (χ3n) is 3.48. The quantitative estimate of drug-likeness (QED) is 0.598. The third-order valence-corrected chi connectivity index (χ3v) is 3.48. The van der Waals surface area contributed by atoms with E-state index in [4.69, 9.17) is 0 Å². The highest BCUT2D eigenvalue weighted by atomic mass is 14.2. The molecule has 0 aliphatic heterocycles. The topological polar surface area (TPSA) is 0 Å². The summed E-state index contributed by atoms with van der Waals surface area (Å²) in [4.78, 5) is 0. The maximum atomic E-state index is 2.40. The molecule has 0 bridgehead atoms. The maximum Gasteiger partial charge on any atom is -0.0149 e. The van der Waals surface area contributed by atoms with Crippen LogP contribution in [0.15, 0.2) is 30.3 Å². The standard InChI is InChI=1S/C15H16/c1-11-5-4-8-15-13(9-11)10-12-6-2-3-7-14(12)15/h4-5,8-10H,2-3,6-7H2,1H3. The molecule has 0 unspecified atom stereocenters. The van der Waals surface area contributed by atoms with Crippen molar-refractivity contribution >= 4 is 0 Å². The van der Waals surface area contributed by atoms with Crippen molar-refractivity contribution in [1.29, 1.82) is 0 Å². The van der Waals surface area contributed by atoms with Gasteiger partial charge in [-0.05, 0) is 54.9 Å². The Kier molecular flexibility index (Phi) is 2.02. The van der Waals surface area contributed by atoms with E-state index in [1.807, 2.05) is 0 Å². The van der Waals surface area contributed by atoms with Crippen LogP contribution in [0, 0.1) is 6.92 Å². The fourth-order valence-corrected chi connectivity index (χ4v) is 2.74. The van der Waals surface area contributed by atoms with Gasteiger partial charge in [0, 0.05) is 0 Å². The first-order valence-corrected chi connectivity index (χ1v) is 5.86. The van der Waals surface area contributed by atoms with E-state index in [1.54, 1.807) is 11.1 Å². The molecular formula is C15H16. The largest absolute Gasteiger partial charge is 0.0614 e. The predicted molar refractivity (Wildman–Crippen MR) is 64.4 cm³/mol. The highest BCUT2D eigenvalue weighted by Gasteiger charge is 2.17. The predicted octanol–water partition coefficient (Wildman–Crippen LogP) is 3.98. The molecule has 15 heavy (non-hydrogen) atoms. The van der Waals surface area contributed by atoms with Gasteiger partial charge in [0.2, 0.25) is 0 Å². The summed E-state index contributed by atoms with van der Waals surface area (Å²) in [5, 5.41) is 0. The summed E-state index contributed by atoms with van der Waals surface area (Å²) in [6.45, 7) is 2.17. The lowest BCUT2D eigenvalue weighted by Crippen LogP contribution is -1.98. The van der Waals surface area contributed by atoms with Crippen LogP contribution in [0.5, 0.6) is 0 Å². The Balaban J connectivity index is 2.26. The normalized spacial score (nSPS) is 15.3. The van der Waals surface area contributed by atoms with Gasteiger partial charge in [-0.25, -0.2) is 0 Å². The molecule has 0 aromatic rings. The van der Waals surface area contributed by atoms with E-state index in [9.17, 15) is 0 Å². The second-order valence-corrected chi connectivity index (χ2v) is 4.64. The minimum Gasteiger partial charge on any atom is -0.0614 e. The van der Waals surface area contributed by atoms with Gasteiger partial charge in [-0.2, -0.15) is 0 Å². The summed E-state index contributed by atoms with van der Waals surface area (Å²) >= 11 is 0. The second-order valence-electron chi connectivity index (χ2n) is 4.64. The molecule has 0 saturated carbocycles. The fraction of sp³-hybridized carbons (Fsp3) is 0.333. The van der Waals surface area contributed by atoms with Crippen LogP contribution < -0.4 is 0 Å². The van der Waals surface area contributed by atoms with Crippen molar-refractivity contribution < 1.29 is 0 Å². The number of hydrogen-bond donors (Lipinski definition) is 0. The number of fused-ring (bicyclic) bond motifs is 3. The molecule has 0 saturated heterocycles. The summed E-state index contributed by atoms with van der Waals surface area (Å²) in [6.07, 6.45) is 5.30. The van der Waals surface area contributed by atoms with Crippen molar-refractivity contribution in [3.63, 3.8) is 0 Å². The molecule has 0 N–H and O–H groups in total. The van der Waals surface area contributed by atoms with Crippen molar-refractivity contribution in [1.82, 2.24) is 0 Å². The molecule has 76 valence electrons. The van der Waals surface area contributed by atoms with Gasteiger partial charge in [-0.3, -0.25) is 0 Å². The Morgan fingerprint density at radius 1 is 1.00 bits per heavy atom. The monoisotopic (exact) mass is 196 g/mol. The molecule has 0 aromatic carbocycles. The van der Waals surface area contributed by atoms with Gasteiger partial charge in [0.05, 0.1) is 0 Å². The molecule has 0 spiro atoms.